The third-order valence-corrected chi connectivity index (χ3v) is 8.98. The van der Waals surface area contributed by atoms with Crippen LogP contribution >= 0.6 is 23.1 Å². The summed E-state index contributed by atoms with van der Waals surface area (Å²) < 4.78 is 42.2. The number of carbonyl (C=O) groups excluding carboxylic acids is 1. The third-order valence-electron chi connectivity index (χ3n) is 7.01. The highest BCUT2D eigenvalue weighted by molar-refractivity contribution is 7.98. The minimum atomic E-state index is -4.49. The molecule has 0 radical (unpaired) electrons. The van der Waals surface area contributed by atoms with Gasteiger partial charge in [-0.1, -0.05) is 48.2 Å². The molecule has 3 aromatic heterocycles. The molecule has 0 N–H and O–H groups in total. The van der Waals surface area contributed by atoms with Gasteiger partial charge in [0.15, 0.2) is 11.0 Å². The Morgan fingerprint density at radius 3 is 2.44 bits per heavy atom. The van der Waals surface area contributed by atoms with E-state index in [1.807, 2.05) is 23.1 Å². The van der Waals surface area contributed by atoms with Crippen LogP contribution in [0.4, 0.5) is 13.2 Å². The Morgan fingerprint density at radius 2 is 1.70 bits per heavy atom. The second-order valence-corrected chi connectivity index (χ2v) is 11.8. The predicted octanol–water partition coefficient (Wildman–Crippen LogP) is 6.05. The molecule has 1 amide bonds. The van der Waals surface area contributed by atoms with Gasteiger partial charge in [0, 0.05) is 56.1 Å². The van der Waals surface area contributed by atoms with Crippen LogP contribution in [0.25, 0.3) is 17.1 Å². The van der Waals surface area contributed by atoms with Crippen molar-refractivity contribution in [2.24, 2.45) is 0 Å². The Balaban J connectivity index is 1.15. The lowest BCUT2D eigenvalue weighted by molar-refractivity contribution is -0.137. The van der Waals surface area contributed by atoms with Gasteiger partial charge in [-0.25, -0.2) is 4.98 Å². The van der Waals surface area contributed by atoms with Crippen molar-refractivity contribution < 1.29 is 18.0 Å². The summed E-state index contributed by atoms with van der Waals surface area (Å²) in [4.78, 5) is 26.0. The second-order valence-electron chi connectivity index (χ2n) is 9.89. The summed E-state index contributed by atoms with van der Waals surface area (Å²) >= 11 is 2.66. The molecular weight excluding hydrogens is 596 g/mol. The van der Waals surface area contributed by atoms with Gasteiger partial charge < -0.3 is 4.90 Å². The molecule has 2 aromatic carbocycles. The Hall–Kier alpha value is -4.07. The van der Waals surface area contributed by atoms with Crippen LogP contribution in [0.5, 0.6) is 0 Å². The van der Waals surface area contributed by atoms with Crippen LogP contribution in [0.2, 0.25) is 0 Å². The molecule has 1 aliphatic rings. The van der Waals surface area contributed by atoms with Gasteiger partial charge in [0.2, 0.25) is 0 Å². The Labute approximate surface area is 254 Å². The number of hydrogen-bond donors (Lipinski definition) is 0. The highest BCUT2D eigenvalue weighted by Gasteiger charge is 2.31. The number of rotatable bonds is 8. The van der Waals surface area contributed by atoms with Crippen molar-refractivity contribution in [2.45, 2.75) is 23.6 Å². The first-order chi connectivity index (χ1) is 20.8. The van der Waals surface area contributed by atoms with Gasteiger partial charge in [-0.15, -0.1) is 21.5 Å². The van der Waals surface area contributed by atoms with E-state index in [0.717, 1.165) is 31.8 Å². The molecule has 0 spiro atoms. The van der Waals surface area contributed by atoms with Crippen molar-refractivity contribution in [3.8, 4) is 17.1 Å². The van der Waals surface area contributed by atoms with Crippen LogP contribution in [0.15, 0.2) is 89.7 Å². The van der Waals surface area contributed by atoms with Crippen molar-refractivity contribution in [3.63, 3.8) is 0 Å². The van der Waals surface area contributed by atoms with Crippen LogP contribution in [0.1, 0.15) is 26.6 Å². The molecule has 1 saturated heterocycles. The van der Waals surface area contributed by atoms with E-state index in [1.165, 1.54) is 34.7 Å². The smallest absolute Gasteiger partial charge is 0.335 e. The maximum Gasteiger partial charge on any atom is 0.416 e. The quantitative estimate of drug-likeness (QED) is 0.195. The van der Waals surface area contributed by atoms with E-state index in [0.29, 0.717) is 46.1 Å². The van der Waals surface area contributed by atoms with E-state index in [2.05, 4.69) is 37.2 Å². The van der Waals surface area contributed by atoms with Crippen LogP contribution < -0.4 is 0 Å². The van der Waals surface area contributed by atoms with Gasteiger partial charge >= 0.3 is 6.18 Å². The molecule has 13 heteroatoms. The van der Waals surface area contributed by atoms with Crippen LogP contribution in [0.3, 0.4) is 0 Å². The molecule has 43 heavy (non-hydrogen) atoms. The average molecular weight is 622 g/mol. The standard InChI is InChI=1S/C30H26F3N7OS2/c31-30(32,33)23-7-4-8-24(17-23)40-27(22-9-11-34-12-10-22)36-37-29(40)43-20-26-35-25(19-42-26)28(41)39-15-13-38(14-16-39)18-21-5-2-1-3-6-21/h1-12,17,19H,13-16,18,20H2. The van der Waals surface area contributed by atoms with Crippen LogP contribution in [-0.4, -0.2) is 66.6 Å². The molecule has 0 aliphatic carbocycles. The van der Waals surface area contributed by atoms with E-state index >= 15 is 0 Å². The molecule has 1 fully saturated rings. The fourth-order valence-electron chi connectivity index (χ4n) is 4.82. The number of piperazine rings is 1. The summed E-state index contributed by atoms with van der Waals surface area (Å²) in [5, 5.41) is 11.5. The molecule has 0 atom stereocenters. The SMILES string of the molecule is O=C(c1csc(CSc2nnc(-c3ccncc3)n2-c2cccc(C(F)(F)F)c2)n1)N1CCN(Cc2ccccc2)CC1. The number of benzene rings is 2. The van der Waals surface area contributed by atoms with Crippen molar-refractivity contribution in [1.82, 2.24) is 34.5 Å². The molecule has 4 heterocycles. The predicted molar refractivity (Wildman–Crippen MR) is 159 cm³/mol. The summed E-state index contributed by atoms with van der Waals surface area (Å²) in [6, 6.07) is 18.8. The number of nitrogens with zero attached hydrogens (tertiary/aromatic N) is 7. The molecule has 5 aromatic rings. The van der Waals surface area contributed by atoms with Crippen molar-refractivity contribution in [2.75, 3.05) is 26.2 Å². The number of thiazole rings is 1. The third kappa shape index (κ3) is 6.79. The van der Waals surface area contributed by atoms with Crippen molar-refractivity contribution in [1.29, 1.82) is 0 Å². The molecule has 1 aliphatic heterocycles. The maximum absolute atomic E-state index is 13.5. The van der Waals surface area contributed by atoms with Gasteiger partial charge in [-0.2, -0.15) is 13.2 Å². The average Bonchev–Trinajstić information content (AvgIpc) is 3.68. The van der Waals surface area contributed by atoms with Gasteiger partial charge in [-0.3, -0.25) is 19.2 Å². The Kier molecular flexibility index (Phi) is 8.54. The molecule has 220 valence electrons. The van der Waals surface area contributed by atoms with Crippen molar-refractivity contribution >= 4 is 29.0 Å². The van der Waals surface area contributed by atoms with Crippen molar-refractivity contribution in [3.05, 3.63) is 106 Å². The fraction of sp³-hybridized carbons (Fsp3) is 0.233. The molecule has 6 rings (SSSR count). The maximum atomic E-state index is 13.5. The molecule has 0 bridgehead atoms. The summed E-state index contributed by atoms with van der Waals surface area (Å²) in [6.07, 6.45) is -1.32. The molecule has 8 nitrogen and oxygen atoms in total. The minimum absolute atomic E-state index is 0.0982. The number of pyridine rings is 1. The van der Waals surface area contributed by atoms with E-state index in [4.69, 9.17) is 0 Å². The van der Waals surface area contributed by atoms with Crippen LogP contribution in [-0.2, 0) is 18.5 Å². The number of halogens is 3. The molecular formula is C30H26F3N7OS2. The normalized spacial score (nSPS) is 14.3. The summed E-state index contributed by atoms with van der Waals surface area (Å²) in [5.74, 6) is 0.667. The lowest BCUT2D eigenvalue weighted by Crippen LogP contribution is -2.48. The van der Waals surface area contributed by atoms with E-state index < -0.39 is 11.7 Å². The number of alkyl halides is 3. The van der Waals surface area contributed by atoms with Gasteiger partial charge in [0.25, 0.3) is 5.91 Å². The Bertz CT molecular complexity index is 1680. The number of carbonyl (C=O) groups is 1. The second kappa shape index (κ2) is 12.7. The topological polar surface area (TPSA) is 80.0 Å². The molecule has 0 unspecified atom stereocenters. The van der Waals surface area contributed by atoms with Gasteiger partial charge in [0.1, 0.15) is 10.7 Å². The lowest BCUT2D eigenvalue weighted by Gasteiger charge is -2.34. The summed E-state index contributed by atoms with van der Waals surface area (Å²) in [7, 11) is 0. The minimum Gasteiger partial charge on any atom is -0.335 e. The zero-order valence-electron chi connectivity index (χ0n) is 22.8. The van der Waals surface area contributed by atoms with Gasteiger partial charge in [-0.05, 0) is 35.9 Å². The first kappa shape index (κ1) is 29.0. The van der Waals surface area contributed by atoms with Gasteiger partial charge in [0.05, 0.1) is 17.0 Å². The molecule has 0 saturated carbocycles. The number of thioether (sulfide) groups is 1. The lowest BCUT2D eigenvalue weighted by atomic mass is 10.2. The van der Waals surface area contributed by atoms with Crippen LogP contribution in [0, 0.1) is 0 Å². The van der Waals surface area contributed by atoms with E-state index in [1.54, 1.807) is 40.5 Å². The van der Waals surface area contributed by atoms with E-state index in [9.17, 15) is 18.0 Å². The first-order valence-electron chi connectivity index (χ1n) is 13.5. The largest absolute Gasteiger partial charge is 0.416 e. The van der Waals surface area contributed by atoms with E-state index in [-0.39, 0.29) is 11.6 Å². The monoisotopic (exact) mass is 621 g/mol. The fourth-order valence-corrected chi connectivity index (χ4v) is 6.56. The highest BCUT2D eigenvalue weighted by atomic mass is 32.2. The summed E-state index contributed by atoms with van der Waals surface area (Å²) in [5.41, 5.74) is 1.84. The Morgan fingerprint density at radius 1 is 0.930 bits per heavy atom. The number of aromatic nitrogens is 5. The number of amides is 1. The zero-order valence-corrected chi connectivity index (χ0v) is 24.4. The highest BCUT2D eigenvalue weighted by Crippen LogP contribution is 2.34. The zero-order chi connectivity index (χ0) is 29.8. The summed E-state index contributed by atoms with van der Waals surface area (Å²) in [6.45, 7) is 3.70. The number of hydrogen-bond acceptors (Lipinski definition) is 8. The first-order valence-corrected chi connectivity index (χ1v) is 15.4.